The molecule has 306 valence electrons. The Morgan fingerprint density at radius 3 is 2.08 bits per heavy atom. The van der Waals surface area contributed by atoms with Crippen molar-refractivity contribution in [3.63, 3.8) is 0 Å². The van der Waals surface area contributed by atoms with Crippen molar-refractivity contribution in [3.05, 3.63) is 0 Å². The Morgan fingerprint density at radius 2 is 1.37 bits per heavy atom. The molecule has 0 aliphatic heterocycles. The molecule has 4 rings (SSSR count). The third-order valence-electron chi connectivity index (χ3n) is 15.1. The predicted octanol–water partition coefficient (Wildman–Crippen LogP) is 8.47. The second-order valence-corrected chi connectivity index (χ2v) is 18.7. The van der Waals surface area contributed by atoms with Crippen molar-refractivity contribution < 1.29 is 14.2 Å². The summed E-state index contributed by atoms with van der Waals surface area (Å²) in [5.41, 5.74) is 18.3. The van der Waals surface area contributed by atoms with E-state index in [9.17, 15) is 0 Å². The van der Waals surface area contributed by atoms with E-state index in [0.29, 0.717) is 78.9 Å². The van der Waals surface area contributed by atoms with Gasteiger partial charge >= 0.3 is 0 Å². The molecule has 0 bridgehead atoms. The third kappa shape index (κ3) is 11.6. The Bertz CT molecular complexity index is 962. The van der Waals surface area contributed by atoms with Crippen molar-refractivity contribution in [3.8, 4) is 0 Å². The first-order chi connectivity index (χ1) is 25.3. The lowest BCUT2D eigenvalue weighted by Gasteiger charge is -2.65. The van der Waals surface area contributed by atoms with E-state index in [2.05, 4.69) is 45.2 Å². The monoisotopic (exact) mass is 751 g/mol. The molecule has 7 nitrogen and oxygen atoms in total. The minimum absolute atomic E-state index is 0.167. The van der Waals surface area contributed by atoms with E-state index in [-0.39, 0.29) is 5.41 Å². The molecule has 11 atom stereocenters. The number of unbranched alkanes of at least 4 members (excludes halogenated alkanes) is 5. The zero-order valence-electron chi connectivity index (χ0n) is 34.6. The Labute approximate surface area is 327 Å². The van der Waals surface area contributed by atoms with Crippen LogP contribution in [-0.4, -0.2) is 88.1 Å². The van der Waals surface area contributed by atoms with Crippen molar-refractivity contribution in [2.75, 3.05) is 64.8 Å². The van der Waals surface area contributed by atoms with Gasteiger partial charge < -0.3 is 36.3 Å². The Morgan fingerprint density at radius 1 is 0.712 bits per heavy atom. The molecule has 52 heavy (non-hydrogen) atoms. The topological polar surface area (TPSA) is 109 Å². The zero-order chi connectivity index (χ0) is 37.4. The quantitative estimate of drug-likeness (QED) is 0.0493. The first-order valence-corrected chi connectivity index (χ1v) is 23.2. The smallest absolute Gasteiger partial charge is 0.0637 e. The van der Waals surface area contributed by atoms with Crippen LogP contribution in [0.3, 0.4) is 0 Å². The van der Waals surface area contributed by atoms with Crippen molar-refractivity contribution in [2.45, 2.75) is 168 Å². The van der Waals surface area contributed by atoms with E-state index in [1.165, 1.54) is 116 Å². The van der Waals surface area contributed by atoms with Gasteiger partial charge in [0.2, 0.25) is 0 Å². The fourth-order valence-electron chi connectivity index (χ4n) is 12.2. The van der Waals surface area contributed by atoms with E-state index >= 15 is 0 Å². The molecule has 4 fully saturated rings. The number of hydrogen-bond acceptors (Lipinski definition) is 8. The summed E-state index contributed by atoms with van der Waals surface area (Å²) in [5.74, 6) is 4.85. The lowest BCUT2D eigenvalue weighted by atomic mass is 9.43. The van der Waals surface area contributed by atoms with Crippen LogP contribution in [0.2, 0.25) is 0 Å². The number of fused-ring (bicyclic) bond motifs is 5. The second-order valence-electron chi connectivity index (χ2n) is 18.3. The fourth-order valence-corrected chi connectivity index (χ4v) is 12.3. The number of ether oxygens (including phenoxy) is 3. The molecular weight excluding hydrogens is 665 g/mol. The summed E-state index contributed by atoms with van der Waals surface area (Å²) in [4.78, 5) is 2.76. The maximum atomic E-state index is 7.09. The fraction of sp³-hybridized carbons (Fsp3) is 1.00. The van der Waals surface area contributed by atoms with Crippen LogP contribution in [0.15, 0.2) is 0 Å². The largest absolute Gasteiger partial charge is 0.378 e. The van der Waals surface area contributed by atoms with Gasteiger partial charge in [-0.2, -0.15) is 12.6 Å². The van der Waals surface area contributed by atoms with Gasteiger partial charge in [-0.05, 0) is 176 Å². The molecule has 4 aliphatic rings. The Balaban J connectivity index is 1.49. The molecule has 4 saturated carbocycles. The zero-order valence-corrected chi connectivity index (χ0v) is 35.4. The molecule has 0 saturated heterocycles. The van der Waals surface area contributed by atoms with Crippen LogP contribution in [-0.2, 0) is 14.2 Å². The summed E-state index contributed by atoms with van der Waals surface area (Å²) in [6.07, 6.45) is 24.4. The minimum atomic E-state index is 0.167. The van der Waals surface area contributed by atoms with Crippen LogP contribution in [0.5, 0.6) is 0 Å². The van der Waals surface area contributed by atoms with Crippen LogP contribution in [0.4, 0.5) is 0 Å². The van der Waals surface area contributed by atoms with E-state index < -0.39 is 0 Å². The van der Waals surface area contributed by atoms with E-state index in [1.807, 2.05) is 0 Å². The average molecular weight is 751 g/mol. The van der Waals surface area contributed by atoms with Crippen LogP contribution in [0, 0.1) is 46.3 Å². The van der Waals surface area contributed by atoms with Crippen LogP contribution in [0.25, 0.3) is 0 Å². The van der Waals surface area contributed by atoms with Gasteiger partial charge in [-0.3, -0.25) is 0 Å². The number of nitrogens with two attached hydrogens (primary N) is 3. The summed E-state index contributed by atoms with van der Waals surface area (Å²) in [6, 6.07) is 0. The molecule has 0 aromatic rings. The number of hydrogen-bond donors (Lipinski definition) is 4. The number of rotatable bonds is 27. The van der Waals surface area contributed by atoms with Crippen molar-refractivity contribution in [1.29, 1.82) is 0 Å². The highest BCUT2D eigenvalue weighted by Crippen LogP contribution is 2.69. The normalized spacial score (nSPS) is 35.0. The van der Waals surface area contributed by atoms with Gasteiger partial charge in [0.25, 0.3) is 0 Å². The minimum Gasteiger partial charge on any atom is -0.378 e. The molecule has 0 radical (unpaired) electrons. The summed E-state index contributed by atoms with van der Waals surface area (Å²) in [6.45, 7) is 18.4. The van der Waals surface area contributed by atoms with Gasteiger partial charge in [-0.1, -0.05) is 59.8 Å². The summed E-state index contributed by atoms with van der Waals surface area (Å²) < 4.78 is 20.5. The van der Waals surface area contributed by atoms with Gasteiger partial charge in [0.1, 0.15) is 0 Å². The van der Waals surface area contributed by atoms with Gasteiger partial charge in [0.05, 0.1) is 18.3 Å². The van der Waals surface area contributed by atoms with Gasteiger partial charge in [0, 0.05) is 25.2 Å². The molecule has 8 heteroatoms. The van der Waals surface area contributed by atoms with Crippen LogP contribution in [0.1, 0.15) is 150 Å². The third-order valence-corrected chi connectivity index (χ3v) is 15.4. The lowest BCUT2D eigenvalue weighted by Crippen LogP contribution is -2.63. The van der Waals surface area contributed by atoms with E-state index in [0.717, 1.165) is 51.3 Å². The number of nitrogens with zero attached hydrogens (tertiary/aromatic N) is 1. The van der Waals surface area contributed by atoms with E-state index in [4.69, 9.17) is 31.4 Å². The van der Waals surface area contributed by atoms with Gasteiger partial charge in [-0.25, -0.2) is 0 Å². The molecule has 0 amide bonds. The summed E-state index contributed by atoms with van der Waals surface area (Å²) in [7, 11) is 0. The molecule has 0 spiro atoms. The molecule has 0 aromatic heterocycles. The highest BCUT2D eigenvalue weighted by atomic mass is 32.1. The highest BCUT2D eigenvalue weighted by Gasteiger charge is 2.66. The molecule has 0 heterocycles. The molecule has 6 N–H and O–H groups in total. The van der Waals surface area contributed by atoms with Gasteiger partial charge in [-0.15, -0.1) is 0 Å². The van der Waals surface area contributed by atoms with Crippen molar-refractivity contribution in [2.24, 2.45) is 63.5 Å². The molecular formula is C44H86N4O3S. The summed E-state index contributed by atoms with van der Waals surface area (Å²) >= 11 is 4.56. The molecule has 0 aromatic carbocycles. The van der Waals surface area contributed by atoms with Crippen molar-refractivity contribution in [1.82, 2.24) is 4.90 Å². The van der Waals surface area contributed by atoms with Crippen LogP contribution >= 0.6 is 12.6 Å². The predicted molar refractivity (Wildman–Crippen MR) is 223 cm³/mol. The highest BCUT2D eigenvalue weighted by molar-refractivity contribution is 7.80. The number of thiol groups is 1. The lowest BCUT2D eigenvalue weighted by molar-refractivity contribution is -0.227. The maximum Gasteiger partial charge on any atom is 0.0637 e. The van der Waals surface area contributed by atoms with Gasteiger partial charge in [0.15, 0.2) is 0 Å². The first kappa shape index (κ1) is 44.8. The van der Waals surface area contributed by atoms with Crippen molar-refractivity contribution >= 4 is 12.6 Å². The average Bonchev–Trinajstić information content (AvgIpc) is 3.50. The molecule has 4 aliphatic carbocycles. The molecule has 3 unspecified atom stereocenters. The SMILES string of the molecule is CCCCCCCCN(CCCS)CCC[C@@H](C)[C@H]1CC[C@H]2C3[C@H](OCCCN)CC4C[C@H](OCCCN)CC[C@]4(C)[C@H]3C[C@H](OCCCN)C12C. The Kier molecular flexibility index (Phi) is 20.1. The summed E-state index contributed by atoms with van der Waals surface area (Å²) in [5, 5.41) is 0. The maximum absolute atomic E-state index is 7.09. The first-order valence-electron chi connectivity index (χ1n) is 22.6. The van der Waals surface area contributed by atoms with E-state index in [1.54, 1.807) is 0 Å². The van der Waals surface area contributed by atoms with Crippen LogP contribution < -0.4 is 17.2 Å². The second kappa shape index (κ2) is 23.3. The Hall–Kier alpha value is 0.0700. The standard InChI is InChI=1S/C44H86N4O3S/c1-5-6-7-8-9-10-24-48(26-15-30-52)25-11-16-34(2)37-17-18-38-42-39(33-41(44(37,38)4)51-29-14-23-47)43(3)20-19-36(49-27-12-21-45)31-35(43)32-40(42)50-28-13-22-46/h34-42,52H,5-33,45-47H2,1-4H3/t34-,35?,36-,37-,38+,39+,40-,41+,42?,43+,44?/m1/s1.